The van der Waals surface area contributed by atoms with Crippen LogP contribution in [0.25, 0.3) is 10.6 Å². The summed E-state index contributed by atoms with van der Waals surface area (Å²) >= 11 is 1.61. The van der Waals surface area contributed by atoms with Crippen molar-refractivity contribution in [1.82, 2.24) is 15.2 Å². The zero-order valence-corrected chi connectivity index (χ0v) is 25.2. The molecule has 3 N–H and O–H groups in total. The highest BCUT2D eigenvalue weighted by atomic mass is 32.1. The van der Waals surface area contributed by atoms with Crippen LogP contribution in [0.1, 0.15) is 44.7 Å². The van der Waals surface area contributed by atoms with Gasteiger partial charge in [-0.1, -0.05) is 48.5 Å². The highest BCUT2D eigenvalue weighted by Crippen LogP contribution is 2.31. The maximum Gasteiger partial charge on any atom is 0.248 e. The Hall–Kier alpha value is -3.60. The van der Waals surface area contributed by atoms with Crippen LogP contribution in [0.2, 0.25) is 0 Å². The molecular weight excluding hydrogens is 550 g/mol. The van der Waals surface area contributed by atoms with Gasteiger partial charge >= 0.3 is 0 Å². The summed E-state index contributed by atoms with van der Waals surface area (Å²) in [6.45, 7) is 6.79. The van der Waals surface area contributed by atoms with Gasteiger partial charge in [-0.3, -0.25) is 9.59 Å². The number of amides is 2. The van der Waals surface area contributed by atoms with Crippen LogP contribution < -0.4 is 11.1 Å². The fourth-order valence-corrected chi connectivity index (χ4v) is 6.11. The van der Waals surface area contributed by atoms with Gasteiger partial charge in [-0.2, -0.15) is 0 Å². The molecule has 3 aromatic rings. The van der Waals surface area contributed by atoms with Gasteiger partial charge in [0.05, 0.1) is 24.3 Å². The molecule has 4 unspecified atom stereocenters. The van der Waals surface area contributed by atoms with Crippen molar-refractivity contribution in [3.05, 3.63) is 77.3 Å². The van der Waals surface area contributed by atoms with Gasteiger partial charge in [0.1, 0.15) is 23.7 Å². The number of hydrogen-bond donors (Lipinski definition) is 2. The lowest BCUT2D eigenvalue weighted by atomic mass is 9.94. The lowest BCUT2D eigenvalue weighted by Gasteiger charge is -2.32. The summed E-state index contributed by atoms with van der Waals surface area (Å²) in [6, 6.07) is 16.2. The van der Waals surface area contributed by atoms with E-state index in [9.17, 15) is 9.59 Å². The topological polar surface area (TPSA) is 119 Å². The highest BCUT2D eigenvalue weighted by Gasteiger charge is 2.43. The van der Waals surface area contributed by atoms with Crippen molar-refractivity contribution in [3.63, 3.8) is 0 Å². The van der Waals surface area contributed by atoms with E-state index in [0.717, 1.165) is 34.5 Å². The maximum absolute atomic E-state index is 14.0. The fourth-order valence-electron chi connectivity index (χ4n) is 5.47. The van der Waals surface area contributed by atoms with Crippen LogP contribution in [0.3, 0.4) is 0 Å². The first-order chi connectivity index (χ1) is 20.2. The van der Waals surface area contributed by atoms with Crippen LogP contribution in [0.5, 0.6) is 0 Å². The minimum absolute atomic E-state index is 0.219. The Balaban J connectivity index is 1.30. The third-order valence-electron chi connectivity index (χ3n) is 7.73. The molecule has 0 aliphatic carbocycles. The van der Waals surface area contributed by atoms with Crippen molar-refractivity contribution in [2.24, 2.45) is 10.7 Å². The monoisotopic (exact) mass is 589 g/mol. The molecule has 1 saturated heterocycles. The molecule has 222 valence electrons. The van der Waals surface area contributed by atoms with Crippen LogP contribution >= 0.6 is 11.3 Å². The summed E-state index contributed by atoms with van der Waals surface area (Å²) in [7, 11) is 0. The van der Waals surface area contributed by atoms with Gasteiger partial charge in [-0.15, -0.1) is 11.3 Å². The number of ether oxygens (including phenoxy) is 2. The normalized spacial score (nSPS) is 22.2. The Labute approximate surface area is 251 Å². The van der Waals surface area contributed by atoms with E-state index in [4.69, 9.17) is 20.2 Å². The van der Waals surface area contributed by atoms with E-state index < -0.39 is 29.6 Å². The van der Waals surface area contributed by atoms with Gasteiger partial charge < -0.3 is 25.4 Å². The Bertz CT molecular complexity index is 1400. The van der Waals surface area contributed by atoms with Crippen LogP contribution in [0, 0.1) is 0 Å². The van der Waals surface area contributed by atoms with Gasteiger partial charge in [0.15, 0.2) is 0 Å². The number of nitrogens with two attached hydrogens (primary N) is 1. The molecule has 2 amide bonds. The van der Waals surface area contributed by atoms with E-state index in [-0.39, 0.29) is 11.9 Å². The lowest BCUT2D eigenvalue weighted by Crippen LogP contribution is -2.58. The third kappa shape index (κ3) is 7.06. The molecule has 2 aliphatic heterocycles. The first-order valence-electron chi connectivity index (χ1n) is 14.5. The molecule has 5 atom stereocenters. The van der Waals surface area contributed by atoms with Crippen molar-refractivity contribution in [1.29, 1.82) is 0 Å². The second-order valence-electron chi connectivity index (χ2n) is 11.4. The predicted octanol–water partition coefficient (Wildman–Crippen LogP) is 3.97. The number of nitrogens with zero attached hydrogens (tertiary/aromatic N) is 3. The zero-order valence-electron chi connectivity index (χ0n) is 24.4. The zero-order chi connectivity index (χ0) is 29.7. The molecule has 42 heavy (non-hydrogen) atoms. The van der Waals surface area contributed by atoms with Crippen molar-refractivity contribution in [2.75, 3.05) is 13.2 Å². The van der Waals surface area contributed by atoms with Crippen molar-refractivity contribution >= 4 is 29.0 Å². The Kier molecular flexibility index (Phi) is 9.35. The van der Waals surface area contributed by atoms with E-state index in [1.54, 1.807) is 30.1 Å². The molecule has 1 aromatic heterocycles. The predicted molar refractivity (Wildman–Crippen MR) is 164 cm³/mol. The Morgan fingerprint density at radius 2 is 1.98 bits per heavy atom. The number of aliphatic imine (C=N–C) groups is 1. The summed E-state index contributed by atoms with van der Waals surface area (Å²) in [6.07, 6.45) is 3.50. The summed E-state index contributed by atoms with van der Waals surface area (Å²) in [5.74, 6) is -0.0427. The van der Waals surface area contributed by atoms with E-state index >= 15 is 0 Å². The minimum Gasteiger partial charge on any atom is -0.477 e. The van der Waals surface area contributed by atoms with Gasteiger partial charge in [-0.05, 0) is 50.8 Å². The summed E-state index contributed by atoms with van der Waals surface area (Å²) in [5, 5.41) is 5.80. The molecule has 10 heteroatoms. The molecule has 3 heterocycles. The standard InChI is InChI=1S/C32H39N5O4S/c1-21(33)28(38)35-27(22(2)40-19-23-9-5-4-6-10-23)31(39)37-15-8-13-26(37)29-36-32(3,20-41-29)18-24-11-7-12-25(17-24)30-34-14-16-42-30/h4-7,9-12,14,16-17,21-22,26-27H,8,13,15,18-20,33H2,1-3H3,(H,35,38)/t21?,22?,26?,27?,32-/m1/s1. The average molecular weight is 590 g/mol. The van der Waals surface area contributed by atoms with Crippen molar-refractivity contribution in [2.45, 2.75) is 76.4 Å². The quantitative estimate of drug-likeness (QED) is 0.349. The van der Waals surface area contributed by atoms with Crippen LogP contribution in [-0.4, -0.2) is 70.5 Å². The average Bonchev–Trinajstić information content (AvgIpc) is 3.76. The first kappa shape index (κ1) is 29.9. The molecule has 2 aliphatic rings. The Morgan fingerprint density at radius 3 is 2.71 bits per heavy atom. The molecule has 2 aromatic carbocycles. The lowest BCUT2D eigenvalue weighted by molar-refractivity contribution is -0.141. The second-order valence-corrected chi connectivity index (χ2v) is 12.3. The number of thiazole rings is 1. The summed E-state index contributed by atoms with van der Waals surface area (Å²) in [4.78, 5) is 37.9. The number of carbonyl (C=O) groups is 2. The molecule has 9 nitrogen and oxygen atoms in total. The molecule has 5 rings (SSSR count). The second kappa shape index (κ2) is 13.1. The highest BCUT2D eigenvalue weighted by molar-refractivity contribution is 7.13. The number of benzene rings is 2. The molecule has 0 bridgehead atoms. The third-order valence-corrected chi connectivity index (χ3v) is 8.55. The number of likely N-dealkylation sites (tertiary alicyclic amines) is 1. The van der Waals surface area contributed by atoms with E-state index in [2.05, 4.69) is 35.4 Å². The SMILES string of the molecule is CC(N)C(=O)NC(C(=O)N1CCCC1C1=N[C@](C)(Cc2cccc(-c3nccs3)c2)CO1)C(C)OCc1ccccc1. The number of hydrogen-bond acceptors (Lipinski definition) is 8. The van der Waals surface area contributed by atoms with Gasteiger partial charge in [0.25, 0.3) is 0 Å². The van der Waals surface area contributed by atoms with Gasteiger partial charge in [0.2, 0.25) is 17.7 Å². The number of aromatic nitrogens is 1. The van der Waals surface area contributed by atoms with E-state index in [0.29, 0.717) is 32.1 Å². The first-order valence-corrected chi connectivity index (χ1v) is 15.3. The molecule has 0 saturated carbocycles. The maximum atomic E-state index is 14.0. The summed E-state index contributed by atoms with van der Waals surface area (Å²) < 4.78 is 12.3. The van der Waals surface area contributed by atoms with Gasteiger partial charge in [-0.25, -0.2) is 9.98 Å². The molecule has 0 radical (unpaired) electrons. The number of carbonyl (C=O) groups excluding carboxylic acids is 2. The van der Waals surface area contributed by atoms with E-state index in [1.807, 2.05) is 48.0 Å². The minimum atomic E-state index is -0.894. The van der Waals surface area contributed by atoms with Gasteiger partial charge in [0, 0.05) is 30.1 Å². The fraction of sp³-hybridized carbons (Fsp3) is 0.438. The van der Waals surface area contributed by atoms with Crippen LogP contribution in [0.4, 0.5) is 0 Å². The van der Waals surface area contributed by atoms with Crippen molar-refractivity contribution in [3.8, 4) is 10.6 Å². The summed E-state index contributed by atoms with van der Waals surface area (Å²) in [5.41, 5.74) is 8.61. The van der Waals surface area contributed by atoms with Crippen molar-refractivity contribution < 1.29 is 19.1 Å². The molecular formula is C32H39N5O4S. The van der Waals surface area contributed by atoms with Crippen LogP contribution in [0.15, 0.2) is 71.2 Å². The smallest absolute Gasteiger partial charge is 0.248 e. The number of rotatable bonds is 11. The van der Waals surface area contributed by atoms with E-state index in [1.165, 1.54) is 0 Å². The van der Waals surface area contributed by atoms with Crippen LogP contribution in [-0.2, 0) is 32.1 Å². The molecule has 0 spiro atoms. The number of nitrogens with one attached hydrogen (secondary N) is 1. The molecule has 1 fully saturated rings. The Morgan fingerprint density at radius 1 is 1.19 bits per heavy atom. The largest absolute Gasteiger partial charge is 0.477 e.